The molecular formula is C22H23N3O3. The lowest BCUT2D eigenvalue weighted by Gasteiger charge is -2.11. The summed E-state index contributed by atoms with van der Waals surface area (Å²) in [7, 11) is 1.30. The molecule has 3 rings (SSSR count). The molecule has 0 bridgehead atoms. The lowest BCUT2D eigenvalue weighted by molar-refractivity contribution is 0.102. The zero-order valence-corrected chi connectivity index (χ0v) is 16.2. The Kier molecular flexibility index (Phi) is 5.79. The van der Waals surface area contributed by atoms with Crippen LogP contribution < -0.4 is 10.6 Å². The van der Waals surface area contributed by atoms with Crippen LogP contribution >= 0.6 is 0 Å². The Bertz CT molecular complexity index is 994. The molecule has 2 aromatic carbocycles. The third-order valence-electron chi connectivity index (χ3n) is 4.55. The Hall–Kier alpha value is -3.54. The predicted molar refractivity (Wildman–Crippen MR) is 110 cm³/mol. The normalized spacial score (nSPS) is 10.4. The number of nitrogens with zero attached hydrogens (tertiary/aromatic N) is 1. The quantitative estimate of drug-likeness (QED) is 0.683. The van der Waals surface area contributed by atoms with E-state index >= 15 is 0 Å². The highest BCUT2D eigenvalue weighted by Gasteiger charge is 2.16. The van der Waals surface area contributed by atoms with Crippen molar-refractivity contribution in [2.45, 2.75) is 20.4 Å². The molecular weight excluding hydrogens is 354 g/mol. The number of aryl methyl sites for hydroxylation is 1. The summed E-state index contributed by atoms with van der Waals surface area (Å²) in [4.78, 5) is 24.2. The van der Waals surface area contributed by atoms with Crippen LogP contribution in [0.4, 0.5) is 16.2 Å². The van der Waals surface area contributed by atoms with Gasteiger partial charge in [-0.05, 0) is 43.7 Å². The lowest BCUT2D eigenvalue weighted by atomic mass is 10.2. The van der Waals surface area contributed by atoms with Gasteiger partial charge in [0, 0.05) is 29.3 Å². The summed E-state index contributed by atoms with van der Waals surface area (Å²) in [6, 6.07) is 18.9. The van der Waals surface area contributed by atoms with Gasteiger partial charge in [-0.15, -0.1) is 0 Å². The fourth-order valence-corrected chi connectivity index (χ4v) is 3.08. The number of hydrogen-bond acceptors (Lipinski definition) is 3. The van der Waals surface area contributed by atoms with Crippen molar-refractivity contribution in [2.24, 2.45) is 0 Å². The van der Waals surface area contributed by atoms with E-state index < -0.39 is 6.09 Å². The van der Waals surface area contributed by atoms with E-state index in [1.807, 2.05) is 38.1 Å². The minimum absolute atomic E-state index is 0.192. The molecule has 0 radical (unpaired) electrons. The maximum absolute atomic E-state index is 12.8. The molecule has 1 heterocycles. The molecule has 1 aromatic heterocycles. The molecule has 0 saturated heterocycles. The van der Waals surface area contributed by atoms with E-state index in [0.717, 1.165) is 11.4 Å². The summed E-state index contributed by atoms with van der Waals surface area (Å²) in [5, 5.41) is 5.47. The van der Waals surface area contributed by atoms with E-state index in [-0.39, 0.29) is 5.91 Å². The monoisotopic (exact) mass is 377 g/mol. The topological polar surface area (TPSA) is 72.4 Å². The van der Waals surface area contributed by atoms with E-state index in [9.17, 15) is 9.59 Å². The van der Waals surface area contributed by atoms with Crippen LogP contribution in [0.2, 0.25) is 0 Å². The van der Waals surface area contributed by atoms with Crippen molar-refractivity contribution in [2.75, 3.05) is 17.7 Å². The van der Waals surface area contributed by atoms with Gasteiger partial charge in [0.25, 0.3) is 5.91 Å². The number of benzene rings is 2. The van der Waals surface area contributed by atoms with Crippen LogP contribution in [0.5, 0.6) is 0 Å². The average molecular weight is 377 g/mol. The maximum atomic E-state index is 12.8. The van der Waals surface area contributed by atoms with Crippen molar-refractivity contribution in [3.8, 4) is 0 Å². The summed E-state index contributed by atoms with van der Waals surface area (Å²) in [5.41, 5.74) is 4.86. The van der Waals surface area contributed by atoms with E-state index in [1.54, 1.807) is 24.3 Å². The first-order chi connectivity index (χ1) is 13.5. The Labute approximate surface area is 164 Å². The van der Waals surface area contributed by atoms with Crippen LogP contribution in [-0.4, -0.2) is 23.7 Å². The van der Waals surface area contributed by atoms with E-state index in [2.05, 4.69) is 32.1 Å². The zero-order chi connectivity index (χ0) is 20.1. The van der Waals surface area contributed by atoms with Crippen LogP contribution in [-0.2, 0) is 11.3 Å². The Morgan fingerprint density at radius 1 is 0.929 bits per heavy atom. The van der Waals surface area contributed by atoms with E-state index in [4.69, 9.17) is 0 Å². The number of anilines is 2. The molecule has 0 atom stereocenters. The second kappa shape index (κ2) is 8.43. The van der Waals surface area contributed by atoms with Gasteiger partial charge in [0.1, 0.15) is 0 Å². The second-order valence-electron chi connectivity index (χ2n) is 6.51. The van der Waals surface area contributed by atoms with Crippen LogP contribution in [0.15, 0.2) is 60.7 Å². The molecule has 0 saturated carbocycles. The predicted octanol–water partition coefficient (Wildman–Crippen LogP) is 4.58. The van der Waals surface area contributed by atoms with Gasteiger partial charge in [0.15, 0.2) is 0 Å². The van der Waals surface area contributed by atoms with E-state index in [0.29, 0.717) is 23.5 Å². The fraction of sp³-hybridized carbons (Fsp3) is 0.182. The molecule has 0 spiro atoms. The summed E-state index contributed by atoms with van der Waals surface area (Å²) in [6.45, 7) is 4.65. The molecule has 6 heteroatoms. The number of rotatable bonds is 5. The Morgan fingerprint density at radius 2 is 1.61 bits per heavy atom. The standard InChI is InChI=1S/C22H23N3O3/c1-15-12-20(16(2)25(15)14-17-8-5-4-6-9-17)21(26)23-18-10-7-11-19(13-18)24-22(27)28-3/h4-13H,14H2,1-3H3,(H,23,26)(H,24,27). The molecule has 28 heavy (non-hydrogen) atoms. The first-order valence-corrected chi connectivity index (χ1v) is 8.95. The van der Waals surface area contributed by atoms with Gasteiger partial charge < -0.3 is 14.6 Å². The summed E-state index contributed by atoms with van der Waals surface area (Å²) in [6.07, 6.45) is -0.562. The second-order valence-corrected chi connectivity index (χ2v) is 6.51. The van der Waals surface area contributed by atoms with Gasteiger partial charge in [-0.1, -0.05) is 36.4 Å². The average Bonchev–Trinajstić information content (AvgIpc) is 2.97. The molecule has 144 valence electrons. The maximum Gasteiger partial charge on any atom is 0.411 e. The van der Waals surface area contributed by atoms with Gasteiger partial charge in [-0.3, -0.25) is 10.1 Å². The van der Waals surface area contributed by atoms with Gasteiger partial charge in [-0.25, -0.2) is 4.79 Å². The number of nitrogens with one attached hydrogen (secondary N) is 2. The van der Waals surface area contributed by atoms with Crippen LogP contribution in [0, 0.1) is 13.8 Å². The molecule has 2 N–H and O–H groups in total. The Balaban J connectivity index is 1.77. The number of amides is 2. The Morgan fingerprint density at radius 3 is 2.29 bits per heavy atom. The first kappa shape index (κ1) is 19.2. The summed E-state index contributed by atoms with van der Waals surface area (Å²) < 4.78 is 6.71. The van der Waals surface area contributed by atoms with Crippen molar-refractivity contribution in [1.29, 1.82) is 0 Å². The van der Waals surface area contributed by atoms with Gasteiger partial charge in [-0.2, -0.15) is 0 Å². The third-order valence-corrected chi connectivity index (χ3v) is 4.55. The van der Waals surface area contributed by atoms with Crippen LogP contribution in [0.25, 0.3) is 0 Å². The molecule has 0 fully saturated rings. The van der Waals surface area contributed by atoms with Gasteiger partial charge >= 0.3 is 6.09 Å². The van der Waals surface area contributed by atoms with Crippen molar-refractivity contribution >= 4 is 23.4 Å². The minimum atomic E-state index is -0.562. The third kappa shape index (κ3) is 4.40. The van der Waals surface area contributed by atoms with Crippen molar-refractivity contribution in [1.82, 2.24) is 4.57 Å². The van der Waals surface area contributed by atoms with Gasteiger partial charge in [0.05, 0.1) is 12.7 Å². The van der Waals surface area contributed by atoms with Crippen molar-refractivity contribution < 1.29 is 14.3 Å². The highest BCUT2D eigenvalue weighted by molar-refractivity contribution is 6.05. The number of methoxy groups -OCH3 is 1. The summed E-state index contributed by atoms with van der Waals surface area (Å²) >= 11 is 0. The van der Waals surface area contributed by atoms with Crippen LogP contribution in [0.1, 0.15) is 27.3 Å². The molecule has 0 aliphatic rings. The molecule has 0 aliphatic carbocycles. The number of aromatic nitrogens is 1. The molecule has 3 aromatic rings. The SMILES string of the molecule is COC(=O)Nc1cccc(NC(=O)c2cc(C)n(Cc3ccccc3)c2C)c1. The van der Waals surface area contributed by atoms with Crippen molar-refractivity contribution in [3.05, 3.63) is 83.2 Å². The fourth-order valence-electron chi connectivity index (χ4n) is 3.08. The molecule has 0 unspecified atom stereocenters. The van der Waals surface area contributed by atoms with Gasteiger partial charge in [0.2, 0.25) is 0 Å². The zero-order valence-electron chi connectivity index (χ0n) is 16.2. The van der Waals surface area contributed by atoms with E-state index in [1.165, 1.54) is 12.7 Å². The van der Waals surface area contributed by atoms with Crippen molar-refractivity contribution in [3.63, 3.8) is 0 Å². The molecule has 0 aliphatic heterocycles. The highest BCUT2D eigenvalue weighted by Crippen LogP contribution is 2.20. The number of hydrogen-bond donors (Lipinski definition) is 2. The number of carbonyl (C=O) groups is 2. The van der Waals surface area contributed by atoms with Crippen LogP contribution in [0.3, 0.4) is 0 Å². The number of carbonyl (C=O) groups excluding carboxylic acids is 2. The summed E-state index contributed by atoms with van der Waals surface area (Å²) in [5.74, 6) is -0.192. The first-order valence-electron chi connectivity index (χ1n) is 8.95. The highest BCUT2D eigenvalue weighted by atomic mass is 16.5. The largest absolute Gasteiger partial charge is 0.453 e. The minimum Gasteiger partial charge on any atom is -0.453 e. The molecule has 6 nitrogen and oxygen atoms in total. The molecule has 2 amide bonds. The smallest absolute Gasteiger partial charge is 0.411 e. The lowest BCUT2D eigenvalue weighted by Crippen LogP contribution is -2.14. The number of ether oxygens (including phenoxy) is 1.